The van der Waals surface area contributed by atoms with E-state index in [1.807, 2.05) is 6.08 Å². The number of halogens is 1. The summed E-state index contributed by atoms with van der Waals surface area (Å²) >= 11 is 2.58. The number of ether oxygens (including phenoxy) is 3. The Balaban J connectivity index is 1.28. The van der Waals surface area contributed by atoms with Crippen molar-refractivity contribution in [2.45, 2.75) is 138 Å². The van der Waals surface area contributed by atoms with Crippen molar-refractivity contribution in [3.8, 4) is 0 Å². The SMILES string of the molecule is C[C@H]1OC=C[C@@H](O[C@@H]2O[C@H](C)[C@@H](O[Si](c3ccccc3)(c3ccccc3)C(C)(C)C)[C@H](O[Si](c3ccccc3)(c3ccccc3)C(C)(C)C)[C@H]2I)[C@@H]1O[Si](c1ccccc1)(c1ccccc1)C(C)(C)C. The third kappa shape index (κ3) is 9.94. The van der Waals surface area contributed by atoms with Gasteiger partial charge in [0.15, 0.2) is 6.29 Å². The van der Waals surface area contributed by atoms with Gasteiger partial charge in [-0.05, 0) is 66.2 Å². The first-order valence-electron chi connectivity index (χ1n) is 25.0. The van der Waals surface area contributed by atoms with Gasteiger partial charge in [0, 0.05) is 0 Å². The number of benzene rings is 6. The fourth-order valence-electron chi connectivity index (χ4n) is 11.2. The topological polar surface area (TPSA) is 55.4 Å². The third-order valence-corrected chi connectivity index (χ3v) is 30.9. The standard InChI is InChI=1S/C60H73IO6Si3/c1-44-54(65-68(58(3,4)5,46-30-18-12-19-31-46)47-32-20-13-21-33-47)52(42-43-62-44)64-57-53(61)56(67-70(60(9,10)11,50-38-26-16-27-39-50)51-40-28-17-29-41-51)55(45(2)63-57)66-69(59(6,7)8,48-34-22-14-23-35-48)49-36-24-15-25-37-49/h12-45,52-57H,1-11H3/t44-,45-,52-,53-,54-,55-,56-,57+/m1/s1. The predicted molar refractivity (Wildman–Crippen MR) is 304 cm³/mol. The van der Waals surface area contributed by atoms with E-state index >= 15 is 0 Å². The number of hydrogen-bond donors (Lipinski definition) is 0. The van der Waals surface area contributed by atoms with Crippen LogP contribution in [0.5, 0.6) is 0 Å². The number of hydrogen-bond acceptors (Lipinski definition) is 6. The highest BCUT2D eigenvalue weighted by molar-refractivity contribution is 14.1. The quantitative estimate of drug-likeness (QED) is 0.0616. The zero-order valence-electron chi connectivity index (χ0n) is 42.9. The van der Waals surface area contributed by atoms with Crippen LogP contribution in [0.4, 0.5) is 0 Å². The minimum atomic E-state index is -3.20. The van der Waals surface area contributed by atoms with Crippen molar-refractivity contribution in [3.63, 3.8) is 0 Å². The Morgan fingerprint density at radius 1 is 0.400 bits per heavy atom. The van der Waals surface area contributed by atoms with E-state index in [9.17, 15) is 0 Å². The lowest BCUT2D eigenvalue weighted by molar-refractivity contribution is -0.254. The van der Waals surface area contributed by atoms with Crippen molar-refractivity contribution >= 4 is 78.7 Å². The maximum absolute atomic E-state index is 8.35. The lowest BCUT2D eigenvalue weighted by Gasteiger charge is -2.54. The van der Waals surface area contributed by atoms with Gasteiger partial charge in [-0.25, -0.2) is 0 Å². The average Bonchev–Trinajstić information content (AvgIpc) is 3.34. The average molecular weight is 1100 g/mol. The minimum absolute atomic E-state index is 0.261. The predicted octanol–water partition coefficient (Wildman–Crippen LogP) is 10.7. The van der Waals surface area contributed by atoms with Crippen molar-refractivity contribution in [3.05, 3.63) is 194 Å². The van der Waals surface area contributed by atoms with Gasteiger partial charge in [-0.1, -0.05) is 267 Å². The maximum atomic E-state index is 8.35. The van der Waals surface area contributed by atoms with Gasteiger partial charge in [0.05, 0.1) is 28.5 Å². The monoisotopic (exact) mass is 1100 g/mol. The molecule has 1 saturated heterocycles. The second-order valence-corrected chi connectivity index (χ2v) is 36.4. The van der Waals surface area contributed by atoms with E-state index in [0.29, 0.717) is 0 Å². The molecule has 0 radical (unpaired) electrons. The molecule has 0 N–H and O–H groups in total. The van der Waals surface area contributed by atoms with E-state index in [1.165, 1.54) is 31.1 Å². The van der Waals surface area contributed by atoms with Crippen LogP contribution in [0, 0.1) is 0 Å². The van der Waals surface area contributed by atoms with Crippen LogP contribution < -0.4 is 31.1 Å². The van der Waals surface area contributed by atoms with Gasteiger partial charge in [0.2, 0.25) is 0 Å². The van der Waals surface area contributed by atoms with Crippen molar-refractivity contribution in [1.29, 1.82) is 0 Å². The Labute approximate surface area is 435 Å². The summed E-state index contributed by atoms with van der Waals surface area (Å²) in [5, 5.41) is 6.37. The van der Waals surface area contributed by atoms with Gasteiger partial charge in [-0.15, -0.1) is 0 Å². The fourth-order valence-corrected chi connectivity index (χ4v) is 26.6. The summed E-state index contributed by atoms with van der Waals surface area (Å²) in [7, 11) is -9.40. The molecule has 2 heterocycles. The van der Waals surface area contributed by atoms with Crippen LogP contribution in [0.2, 0.25) is 15.1 Å². The number of rotatable bonds is 14. The van der Waals surface area contributed by atoms with E-state index in [-0.39, 0.29) is 25.1 Å². The molecule has 10 heteroatoms. The van der Waals surface area contributed by atoms with Gasteiger partial charge in [0.25, 0.3) is 25.0 Å². The first kappa shape index (κ1) is 52.4. The highest BCUT2D eigenvalue weighted by atomic mass is 127. The first-order valence-corrected chi connectivity index (χ1v) is 32.0. The summed E-state index contributed by atoms with van der Waals surface area (Å²) in [5.41, 5.74) is 0. The summed E-state index contributed by atoms with van der Waals surface area (Å²) in [6.07, 6.45) is 0.358. The summed E-state index contributed by atoms with van der Waals surface area (Å²) in [6, 6.07) is 65.2. The Hall–Kier alpha value is -3.96. The zero-order chi connectivity index (χ0) is 50.0. The molecular weight excluding hydrogens is 1030 g/mol. The molecule has 6 aromatic rings. The summed E-state index contributed by atoms with van der Waals surface area (Å²) in [4.78, 5) is 0. The van der Waals surface area contributed by atoms with Crippen molar-refractivity contribution < 1.29 is 27.5 Å². The van der Waals surface area contributed by atoms with E-state index in [2.05, 4.69) is 281 Å². The molecule has 0 amide bonds. The van der Waals surface area contributed by atoms with E-state index in [0.717, 1.165) is 0 Å². The van der Waals surface area contributed by atoms with Gasteiger partial charge >= 0.3 is 0 Å². The molecule has 0 unspecified atom stereocenters. The lowest BCUT2D eigenvalue weighted by Crippen LogP contribution is -2.74. The van der Waals surface area contributed by atoms with Crippen LogP contribution in [0.25, 0.3) is 0 Å². The molecule has 8 rings (SSSR count). The summed E-state index contributed by atoms with van der Waals surface area (Å²) in [6.45, 7) is 25.2. The van der Waals surface area contributed by atoms with Crippen LogP contribution in [0.1, 0.15) is 76.2 Å². The Morgan fingerprint density at radius 2 is 0.686 bits per heavy atom. The molecular formula is C60H73IO6Si3. The molecule has 1 fully saturated rings. The third-order valence-electron chi connectivity index (χ3n) is 14.5. The second kappa shape index (κ2) is 21.2. The Bertz CT molecular complexity index is 2490. The van der Waals surface area contributed by atoms with Crippen molar-refractivity contribution in [1.82, 2.24) is 0 Å². The summed E-state index contributed by atoms with van der Waals surface area (Å²) in [5.74, 6) is 0. The Morgan fingerprint density at radius 3 is 0.986 bits per heavy atom. The maximum Gasteiger partial charge on any atom is 0.261 e. The van der Waals surface area contributed by atoms with E-state index in [4.69, 9.17) is 27.5 Å². The van der Waals surface area contributed by atoms with Crippen LogP contribution in [0.3, 0.4) is 0 Å². The smallest absolute Gasteiger partial charge is 0.261 e. The second-order valence-electron chi connectivity index (χ2n) is 22.2. The minimum Gasteiger partial charge on any atom is -0.496 e. The molecule has 2 aliphatic rings. The summed E-state index contributed by atoms with van der Waals surface area (Å²) < 4.78 is 45.3. The van der Waals surface area contributed by atoms with Crippen LogP contribution in [0.15, 0.2) is 194 Å². The number of alkyl halides is 1. The van der Waals surface area contributed by atoms with Crippen molar-refractivity contribution in [2.75, 3.05) is 0 Å². The molecule has 6 nitrogen and oxygen atoms in total. The zero-order valence-corrected chi connectivity index (χ0v) is 48.1. The van der Waals surface area contributed by atoms with Crippen LogP contribution in [-0.4, -0.2) is 71.8 Å². The van der Waals surface area contributed by atoms with Crippen LogP contribution in [-0.2, 0) is 27.5 Å². The first-order chi connectivity index (χ1) is 33.3. The molecule has 0 bridgehead atoms. The van der Waals surface area contributed by atoms with Crippen molar-refractivity contribution in [2.24, 2.45) is 0 Å². The van der Waals surface area contributed by atoms with Gasteiger partial charge in [-0.3, -0.25) is 0 Å². The van der Waals surface area contributed by atoms with E-state index < -0.39 is 61.8 Å². The highest BCUT2D eigenvalue weighted by Gasteiger charge is 2.60. The lowest BCUT2D eigenvalue weighted by atomic mass is 10.0. The molecule has 70 heavy (non-hydrogen) atoms. The molecule has 8 atom stereocenters. The fraction of sp³-hybridized carbons (Fsp3) is 0.367. The van der Waals surface area contributed by atoms with Gasteiger partial charge in [0.1, 0.15) is 18.3 Å². The molecule has 0 spiro atoms. The Kier molecular flexibility index (Phi) is 15.9. The molecule has 368 valence electrons. The largest absolute Gasteiger partial charge is 0.496 e. The molecule has 0 aliphatic carbocycles. The molecule has 2 aliphatic heterocycles. The van der Waals surface area contributed by atoms with Crippen LogP contribution >= 0.6 is 22.6 Å². The van der Waals surface area contributed by atoms with Gasteiger partial charge in [-0.2, -0.15) is 0 Å². The van der Waals surface area contributed by atoms with E-state index in [1.54, 1.807) is 6.26 Å². The normalized spacial score (nSPS) is 23.7. The highest BCUT2D eigenvalue weighted by Crippen LogP contribution is 2.46. The molecule has 0 aromatic heterocycles. The van der Waals surface area contributed by atoms with Gasteiger partial charge < -0.3 is 27.5 Å². The molecule has 6 aromatic carbocycles. The molecule has 0 saturated carbocycles.